The predicted octanol–water partition coefficient (Wildman–Crippen LogP) is 3.91. The first-order valence-electron chi connectivity index (χ1n) is 10.1. The molecule has 0 saturated carbocycles. The van der Waals surface area contributed by atoms with Crippen LogP contribution in [0.4, 0.5) is 0 Å². The van der Waals surface area contributed by atoms with Crippen LogP contribution in [0.2, 0.25) is 5.02 Å². The van der Waals surface area contributed by atoms with Crippen molar-refractivity contribution in [1.29, 1.82) is 0 Å². The Morgan fingerprint density at radius 1 is 1.28 bits per heavy atom. The van der Waals surface area contributed by atoms with Gasteiger partial charge in [0.1, 0.15) is 11.8 Å². The fourth-order valence-corrected chi connectivity index (χ4v) is 5.65. The number of halogens is 1. The van der Waals surface area contributed by atoms with Gasteiger partial charge in [0.15, 0.2) is 4.80 Å². The Bertz CT molecular complexity index is 1370. The van der Waals surface area contributed by atoms with Crippen LogP contribution >= 0.6 is 34.3 Å². The average Bonchev–Trinajstić information content (AvgIpc) is 3.38. The van der Waals surface area contributed by atoms with Crippen molar-refractivity contribution in [3.63, 3.8) is 0 Å². The summed E-state index contributed by atoms with van der Waals surface area (Å²) in [6.07, 6.45) is 1.78. The van der Waals surface area contributed by atoms with Crippen LogP contribution in [0.3, 0.4) is 0 Å². The number of thiazole rings is 1. The first-order valence-corrected chi connectivity index (χ1v) is 12.2. The number of ether oxygens (including phenoxy) is 2. The molecule has 1 aliphatic heterocycles. The summed E-state index contributed by atoms with van der Waals surface area (Å²) in [6.45, 7) is 6.18. The second-order valence-corrected chi connectivity index (χ2v) is 9.34. The lowest BCUT2D eigenvalue weighted by atomic mass is 10.0. The summed E-state index contributed by atoms with van der Waals surface area (Å²) < 4.78 is 12.8. The molecule has 1 atom stereocenters. The third-order valence-electron chi connectivity index (χ3n) is 4.88. The summed E-state index contributed by atoms with van der Waals surface area (Å²) in [5.74, 6) is 0.139. The van der Waals surface area contributed by atoms with E-state index in [0.717, 1.165) is 10.4 Å². The molecular weight excluding hydrogens is 468 g/mol. The zero-order valence-electron chi connectivity index (χ0n) is 17.8. The second-order valence-electron chi connectivity index (χ2n) is 6.94. The Labute approximate surface area is 197 Å². The standard InChI is InChI=1S/C23H21ClN2O4S2/c1-4-29-16-9-8-14(11-15(16)24)12-18-21(27)26-20(17-7-6-10-31-17)19(22(28)30-5-2)13(3)25-23(26)32-18/h6-12,20H,4-5H2,1-3H3/b18-12-/t20-/m0/s1. The minimum Gasteiger partial charge on any atom is -0.492 e. The number of hydrogen-bond donors (Lipinski definition) is 0. The molecule has 2 aromatic heterocycles. The van der Waals surface area contributed by atoms with E-state index >= 15 is 0 Å². The number of carbonyl (C=O) groups excluding carboxylic acids is 1. The van der Waals surface area contributed by atoms with Crippen LogP contribution in [0.25, 0.3) is 6.08 Å². The predicted molar refractivity (Wildman–Crippen MR) is 127 cm³/mol. The second kappa shape index (κ2) is 9.44. The van der Waals surface area contributed by atoms with Gasteiger partial charge >= 0.3 is 5.97 Å². The molecule has 3 aromatic rings. The summed E-state index contributed by atoms with van der Waals surface area (Å²) in [5, 5.41) is 2.40. The van der Waals surface area contributed by atoms with E-state index in [1.165, 1.54) is 22.7 Å². The molecule has 3 heterocycles. The van der Waals surface area contributed by atoms with Gasteiger partial charge in [-0.25, -0.2) is 9.79 Å². The number of benzene rings is 1. The van der Waals surface area contributed by atoms with Gasteiger partial charge in [0, 0.05) is 4.88 Å². The van der Waals surface area contributed by atoms with E-state index in [1.807, 2.05) is 30.5 Å². The molecule has 0 bridgehead atoms. The first kappa shape index (κ1) is 22.5. The Hall–Kier alpha value is -2.68. The molecule has 0 aliphatic carbocycles. The van der Waals surface area contributed by atoms with Gasteiger partial charge in [-0.3, -0.25) is 9.36 Å². The third kappa shape index (κ3) is 4.18. The lowest BCUT2D eigenvalue weighted by Crippen LogP contribution is -2.39. The van der Waals surface area contributed by atoms with E-state index in [9.17, 15) is 9.59 Å². The smallest absolute Gasteiger partial charge is 0.338 e. The fraction of sp³-hybridized carbons (Fsp3) is 0.261. The van der Waals surface area contributed by atoms with Gasteiger partial charge in [-0.2, -0.15) is 0 Å². The molecule has 166 valence electrons. The van der Waals surface area contributed by atoms with Crippen LogP contribution in [-0.4, -0.2) is 23.8 Å². The lowest BCUT2D eigenvalue weighted by Gasteiger charge is -2.23. The quantitative estimate of drug-likeness (QED) is 0.493. The van der Waals surface area contributed by atoms with E-state index in [1.54, 1.807) is 36.6 Å². The zero-order chi connectivity index (χ0) is 22.8. The first-order chi connectivity index (χ1) is 15.4. The third-order valence-corrected chi connectivity index (χ3v) is 7.09. The van der Waals surface area contributed by atoms with Crippen molar-refractivity contribution >= 4 is 46.3 Å². The highest BCUT2D eigenvalue weighted by Gasteiger charge is 2.33. The number of esters is 1. The van der Waals surface area contributed by atoms with Crippen LogP contribution in [0.15, 0.2) is 56.8 Å². The van der Waals surface area contributed by atoms with Crippen molar-refractivity contribution in [2.45, 2.75) is 26.8 Å². The van der Waals surface area contributed by atoms with Crippen molar-refractivity contribution in [2.75, 3.05) is 13.2 Å². The molecular formula is C23H21ClN2O4S2. The monoisotopic (exact) mass is 488 g/mol. The number of rotatable bonds is 6. The van der Waals surface area contributed by atoms with Gasteiger partial charge in [0.2, 0.25) is 0 Å². The lowest BCUT2D eigenvalue weighted by molar-refractivity contribution is -0.139. The van der Waals surface area contributed by atoms with Crippen LogP contribution in [0.1, 0.15) is 37.3 Å². The maximum absolute atomic E-state index is 13.5. The van der Waals surface area contributed by atoms with Gasteiger partial charge in [-0.1, -0.05) is 35.1 Å². The van der Waals surface area contributed by atoms with Crippen molar-refractivity contribution in [2.24, 2.45) is 4.99 Å². The maximum atomic E-state index is 13.5. The van der Waals surface area contributed by atoms with Crippen molar-refractivity contribution in [3.8, 4) is 5.75 Å². The fourth-order valence-electron chi connectivity index (χ4n) is 3.54. The number of carbonyl (C=O) groups is 1. The summed E-state index contributed by atoms with van der Waals surface area (Å²) in [5.41, 5.74) is 1.50. The number of nitrogens with zero attached hydrogens (tertiary/aromatic N) is 2. The summed E-state index contributed by atoms with van der Waals surface area (Å²) in [7, 11) is 0. The highest BCUT2D eigenvalue weighted by molar-refractivity contribution is 7.10. The number of aromatic nitrogens is 1. The van der Waals surface area contributed by atoms with Crippen LogP contribution in [0.5, 0.6) is 5.75 Å². The van der Waals surface area contributed by atoms with E-state index in [-0.39, 0.29) is 12.2 Å². The Balaban J connectivity index is 1.87. The number of fused-ring (bicyclic) bond motifs is 1. The van der Waals surface area contributed by atoms with Crippen LogP contribution < -0.4 is 19.6 Å². The Kier molecular flexibility index (Phi) is 6.64. The van der Waals surface area contributed by atoms with Gasteiger partial charge in [0.25, 0.3) is 5.56 Å². The molecule has 0 N–H and O–H groups in total. The SMILES string of the molecule is CCOC(=O)C1=C(C)N=c2s/c(=C\c3ccc(OCC)c(Cl)c3)c(=O)n2[C@H]1c1cccs1. The molecule has 0 fully saturated rings. The topological polar surface area (TPSA) is 69.9 Å². The Morgan fingerprint density at radius 3 is 2.75 bits per heavy atom. The normalized spacial score (nSPS) is 16.0. The van der Waals surface area contributed by atoms with E-state index < -0.39 is 12.0 Å². The molecule has 32 heavy (non-hydrogen) atoms. The molecule has 1 aliphatic rings. The summed E-state index contributed by atoms with van der Waals surface area (Å²) >= 11 is 9.07. The number of hydrogen-bond acceptors (Lipinski definition) is 7. The van der Waals surface area contributed by atoms with Crippen molar-refractivity contribution < 1.29 is 14.3 Å². The molecule has 9 heteroatoms. The maximum Gasteiger partial charge on any atom is 0.338 e. The largest absolute Gasteiger partial charge is 0.492 e. The number of thiophene rings is 1. The van der Waals surface area contributed by atoms with Crippen LogP contribution in [-0.2, 0) is 9.53 Å². The van der Waals surface area contributed by atoms with E-state index in [2.05, 4.69) is 4.99 Å². The highest BCUT2D eigenvalue weighted by Crippen LogP contribution is 2.33. The zero-order valence-corrected chi connectivity index (χ0v) is 20.1. The molecule has 0 saturated heterocycles. The molecule has 1 aromatic carbocycles. The summed E-state index contributed by atoms with van der Waals surface area (Å²) in [4.78, 5) is 32.2. The van der Waals surface area contributed by atoms with Gasteiger partial charge < -0.3 is 9.47 Å². The molecule has 6 nitrogen and oxygen atoms in total. The van der Waals surface area contributed by atoms with Gasteiger partial charge in [-0.15, -0.1) is 11.3 Å². The molecule has 0 amide bonds. The molecule has 0 spiro atoms. The Morgan fingerprint density at radius 2 is 2.09 bits per heavy atom. The van der Waals surface area contributed by atoms with Gasteiger partial charge in [-0.05, 0) is 56.0 Å². The molecule has 4 rings (SSSR count). The van der Waals surface area contributed by atoms with Crippen molar-refractivity contribution in [3.05, 3.63) is 82.1 Å². The van der Waals surface area contributed by atoms with E-state index in [4.69, 9.17) is 21.1 Å². The highest BCUT2D eigenvalue weighted by atomic mass is 35.5. The summed E-state index contributed by atoms with van der Waals surface area (Å²) in [6, 6.07) is 8.63. The number of allylic oxidation sites excluding steroid dienone is 1. The van der Waals surface area contributed by atoms with Gasteiger partial charge in [0.05, 0.1) is 34.0 Å². The minimum atomic E-state index is -0.573. The minimum absolute atomic E-state index is 0.216. The average molecular weight is 489 g/mol. The van der Waals surface area contributed by atoms with Crippen LogP contribution in [0, 0.1) is 0 Å². The molecule has 0 unspecified atom stereocenters. The molecule has 0 radical (unpaired) electrons. The van der Waals surface area contributed by atoms with E-state index in [0.29, 0.717) is 38.0 Å². The van der Waals surface area contributed by atoms with Crippen molar-refractivity contribution in [1.82, 2.24) is 4.57 Å².